The first-order chi connectivity index (χ1) is 10.2. The predicted octanol–water partition coefficient (Wildman–Crippen LogP) is 2.86. The van der Waals surface area contributed by atoms with Gasteiger partial charge in [0.25, 0.3) is 0 Å². The molecule has 22 heavy (non-hydrogen) atoms. The number of ether oxygens (including phenoxy) is 1. The summed E-state index contributed by atoms with van der Waals surface area (Å²) in [6.07, 6.45) is 1.74. The van der Waals surface area contributed by atoms with Gasteiger partial charge < -0.3 is 15.0 Å². The summed E-state index contributed by atoms with van der Waals surface area (Å²) in [5.41, 5.74) is 0.649. The van der Waals surface area contributed by atoms with Crippen molar-refractivity contribution in [3.63, 3.8) is 0 Å². The molecule has 1 atom stereocenters. The Hall–Kier alpha value is -1.56. The minimum absolute atomic E-state index is 0.0548. The number of esters is 1. The summed E-state index contributed by atoms with van der Waals surface area (Å²) in [6.45, 7) is 7.09. The zero-order valence-corrected chi connectivity index (χ0v) is 14.7. The van der Waals surface area contributed by atoms with Gasteiger partial charge in [-0.3, -0.25) is 4.79 Å². The van der Waals surface area contributed by atoms with Crippen molar-refractivity contribution in [1.82, 2.24) is 4.90 Å². The molecule has 1 aliphatic rings. The second-order valence-corrected chi connectivity index (χ2v) is 7.75. The van der Waals surface area contributed by atoms with Crippen LogP contribution in [0.1, 0.15) is 48.2 Å². The Bertz CT molecular complexity index is 574. The molecular formula is C16H24N2O3S. The number of nitrogens with one attached hydrogen (secondary N) is 1. The second kappa shape index (κ2) is 6.28. The number of likely N-dealkylation sites (N-methyl/N-ethyl adjacent to an activating group) is 1. The number of amides is 1. The molecule has 2 rings (SSSR count). The molecule has 2 heterocycles. The summed E-state index contributed by atoms with van der Waals surface area (Å²) in [5.74, 6) is -0.287. The molecule has 1 N–H and O–H groups in total. The number of carbonyl (C=O) groups excluding carboxylic acids is 2. The maximum atomic E-state index is 12.2. The lowest BCUT2D eigenvalue weighted by Crippen LogP contribution is -2.45. The van der Waals surface area contributed by atoms with E-state index in [1.807, 2.05) is 13.1 Å². The molecule has 0 bridgehead atoms. The van der Waals surface area contributed by atoms with Gasteiger partial charge in [0.1, 0.15) is 10.9 Å². The molecular weight excluding hydrogens is 300 g/mol. The van der Waals surface area contributed by atoms with Crippen LogP contribution >= 0.6 is 11.3 Å². The van der Waals surface area contributed by atoms with Crippen molar-refractivity contribution in [2.75, 3.05) is 26.0 Å². The molecule has 0 unspecified atom stereocenters. The molecule has 0 radical (unpaired) electrons. The molecule has 0 saturated carbocycles. The normalized spacial score (nSPS) is 19.2. The summed E-state index contributed by atoms with van der Waals surface area (Å²) in [4.78, 5) is 27.6. The molecule has 0 aliphatic carbocycles. The van der Waals surface area contributed by atoms with Gasteiger partial charge in [0.2, 0.25) is 5.91 Å². The summed E-state index contributed by atoms with van der Waals surface area (Å²) in [6, 6.07) is 1.70. The quantitative estimate of drug-likeness (QED) is 0.869. The van der Waals surface area contributed by atoms with Crippen LogP contribution in [-0.2, 0) is 14.9 Å². The van der Waals surface area contributed by atoms with E-state index in [0.29, 0.717) is 10.6 Å². The Morgan fingerprint density at radius 2 is 2.14 bits per heavy atom. The molecule has 6 heteroatoms. The summed E-state index contributed by atoms with van der Waals surface area (Å²) in [5, 5.41) is 3.26. The van der Waals surface area contributed by atoms with Gasteiger partial charge in [0, 0.05) is 18.5 Å². The van der Waals surface area contributed by atoms with Crippen LogP contribution in [0.25, 0.3) is 0 Å². The van der Waals surface area contributed by atoms with Gasteiger partial charge >= 0.3 is 5.97 Å². The van der Waals surface area contributed by atoms with Gasteiger partial charge in [-0.1, -0.05) is 20.8 Å². The Balaban J connectivity index is 2.30. The Labute approximate surface area is 135 Å². The number of hydrogen-bond acceptors (Lipinski definition) is 5. The van der Waals surface area contributed by atoms with Crippen LogP contribution in [0.2, 0.25) is 0 Å². The number of thiophene rings is 1. The van der Waals surface area contributed by atoms with Gasteiger partial charge in [0.05, 0.1) is 12.8 Å². The first-order valence-electron chi connectivity index (χ1n) is 7.48. The molecule has 0 spiro atoms. The van der Waals surface area contributed by atoms with E-state index < -0.39 is 0 Å². The first-order valence-corrected chi connectivity index (χ1v) is 8.30. The third kappa shape index (κ3) is 3.43. The lowest BCUT2D eigenvalue weighted by atomic mass is 9.94. The average Bonchev–Trinajstić information content (AvgIpc) is 2.87. The predicted molar refractivity (Wildman–Crippen MR) is 88.6 cm³/mol. The number of piperidine rings is 1. The third-order valence-corrected chi connectivity index (χ3v) is 5.37. The van der Waals surface area contributed by atoms with Crippen molar-refractivity contribution in [1.29, 1.82) is 0 Å². The van der Waals surface area contributed by atoms with Crippen LogP contribution in [0.5, 0.6) is 0 Å². The Morgan fingerprint density at radius 3 is 2.73 bits per heavy atom. The molecule has 122 valence electrons. The van der Waals surface area contributed by atoms with E-state index in [9.17, 15) is 9.59 Å². The van der Waals surface area contributed by atoms with E-state index in [1.165, 1.54) is 18.4 Å². The van der Waals surface area contributed by atoms with E-state index >= 15 is 0 Å². The standard InChI is InChI=1S/C16H24N2O3S/c1-16(2,3)12-9-11(13(22-12)15(20)21-5)17-10-7-6-8-18(4)14(10)19/h9-10,17H,6-8H2,1-5H3/t10-/m0/s1. The third-order valence-electron chi connectivity index (χ3n) is 3.83. The fraction of sp³-hybridized carbons (Fsp3) is 0.625. The summed E-state index contributed by atoms with van der Waals surface area (Å²) >= 11 is 1.43. The topological polar surface area (TPSA) is 58.6 Å². The zero-order chi connectivity index (χ0) is 16.5. The molecule has 1 fully saturated rings. The van der Waals surface area contributed by atoms with E-state index in [2.05, 4.69) is 26.1 Å². The molecule has 1 amide bonds. The molecule has 5 nitrogen and oxygen atoms in total. The molecule has 1 aliphatic heterocycles. The molecule has 1 saturated heterocycles. The summed E-state index contributed by atoms with van der Waals surface area (Å²) in [7, 11) is 3.19. The number of carbonyl (C=O) groups is 2. The highest BCUT2D eigenvalue weighted by molar-refractivity contribution is 7.14. The van der Waals surface area contributed by atoms with Crippen molar-refractivity contribution in [2.45, 2.75) is 45.1 Å². The van der Waals surface area contributed by atoms with Crippen LogP contribution in [-0.4, -0.2) is 43.5 Å². The highest BCUT2D eigenvalue weighted by atomic mass is 32.1. The van der Waals surface area contributed by atoms with Crippen molar-refractivity contribution in [2.24, 2.45) is 0 Å². The molecule has 1 aromatic heterocycles. The SMILES string of the molecule is COC(=O)c1sc(C(C)(C)C)cc1N[C@H]1CCCN(C)C1=O. The minimum atomic E-state index is -0.361. The first kappa shape index (κ1) is 16.8. The van der Waals surface area contributed by atoms with E-state index in [1.54, 1.807) is 4.90 Å². The Morgan fingerprint density at radius 1 is 1.45 bits per heavy atom. The van der Waals surface area contributed by atoms with Gasteiger partial charge in [0.15, 0.2) is 0 Å². The van der Waals surface area contributed by atoms with Crippen LogP contribution in [0.3, 0.4) is 0 Å². The van der Waals surface area contributed by atoms with E-state index in [4.69, 9.17) is 4.74 Å². The summed E-state index contributed by atoms with van der Waals surface area (Å²) < 4.78 is 4.88. The average molecular weight is 324 g/mol. The van der Waals surface area contributed by atoms with Crippen LogP contribution in [0.4, 0.5) is 5.69 Å². The van der Waals surface area contributed by atoms with Gasteiger partial charge in [-0.15, -0.1) is 11.3 Å². The van der Waals surface area contributed by atoms with Crippen molar-refractivity contribution < 1.29 is 14.3 Å². The monoisotopic (exact) mass is 324 g/mol. The number of likely N-dealkylation sites (tertiary alicyclic amines) is 1. The van der Waals surface area contributed by atoms with Crippen molar-refractivity contribution in [3.8, 4) is 0 Å². The van der Waals surface area contributed by atoms with Crippen LogP contribution in [0.15, 0.2) is 6.07 Å². The number of hydrogen-bond donors (Lipinski definition) is 1. The fourth-order valence-electron chi connectivity index (χ4n) is 2.47. The Kier molecular flexibility index (Phi) is 4.80. The van der Waals surface area contributed by atoms with Gasteiger partial charge in [-0.25, -0.2) is 4.79 Å². The van der Waals surface area contributed by atoms with Gasteiger partial charge in [-0.2, -0.15) is 0 Å². The maximum Gasteiger partial charge on any atom is 0.350 e. The van der Waals surface area contributed by atoms with E-state index in [0.717, 1.165) is 24.3 Å². The zero-order valence-electron chi connectivity index (χ0n) is 13.9. The number of nitrogens with zero attached hydrogens (tertiary/aromatic N) is 1. The molecule has 1 aromatic rings. The van der Waals surface area contributed by atoms with Crippen LogP contribution < -0.4 is 5.32 Å². The molecule has 0 aromatic carbocycles. The lowest BCUT2D eigenvalue weighted by molar-refractivity contribution is -0.132. The maximum absolute atomic E-state index is 12.2. The number of rotatable bonds is 3. The minimum Gasteiger partial charge on any atom is -0.465 e. The number of methoxy groups -OCH3 is 1. The smallest absolute Gasteiger partial charge is 0.350 e. The van der Waals surface area contributed by atoms with Crippen molar-refractivity contribution in [3.05, 3.63) is 15.8 Å². The highest BCUT2D eigenvalue weighted by Gasteiger charge is 2.29. The van der Waals surface area contributed by atoms with Gasteiger partial charge in [-0.05, 0) is 24.3 Å². The fourth-order valence-corrected chi connectivity index (χ4v) is 3.56. The largest absolute Gasteiger partial charge is 0.465 e. The highest BCUT2D eigenvalue weighted by Crippen LogP contribution is 2.36. The van der Waals surface area contributed by atoms with Crippen LogP contribution in [0, 0.1) is 0 Å². The second-order valence-electron chi connectivity index (χ2n) is 6.69. The lowest BCUT2D eigenvalue weighted by Gasteiger charge is -2.30. The van der Waals surface area contributed by atoms with E-state index in [-0.39, 0.29) is 23.3 Å². The number of anilines is 1. The van der Waals surface area contributed by atoms with Crippen molar-refractivity contribution >= 4 is 28.9 Å².